The molecule has 0 bridgehead atoms. The number of rotatable bonds is 10. The molecule has 1 fully saturated rings. The zero-order valence-electron chi connectivity index (χ0n) is 11.3. The molecule has 0 aliphatic heterocycles. The molecule has 0 aromatic rings. The second kappa shape index (κ2) is 8.11. The number of hydrogen-bond donors (Lipinski definition) is 1. The minimum Gasteiger partial charge on any atom is -0.393 e. The van der Waals surface area contributed by atoms with Crippen LogP contribution in [-0.4, -0.2) is 11.2 Å². The summed E-state index contributed by atoms with van der Waals surface area (Å²) in [5, 5.41) is 9.83. The molecule has 0 spiro atoms. The highest BCUT2D eigenvalue weighted by Gasteiger charge is 2.37. The van der Waals surface area contributed by atoms with E-state index < -0.39 is 0 Å². The molecule has 96 valence electrons. The molecule has 1 N–H and O–H groups in total. The lowest BCUT2D eigenvalue weighted by Crippen LogP contribution is -2.09. The zero-order chi connectivity index (χ0) is 11.8. The summed E-state index contributed by atoms with van der Waals surface area (Å²) in [5.74, 6) is 1.44. The van der Waals surface area contributed by atoms with Crippen molar-refractivity contribution in [2.24, 2.45) is 11.8 Å². The van der Waals surface area contributed by atoms with Gasteiger partial charge in [0, 0.05) is 0 Å². The van der Waals surface area contributed by atoms with Crippen molar-refractivity contribution in [2.45, 2.75) is 84.2 Å². The van der Waals surface area contributed by atoms with E-state index >= 15 is 0 Å². The monoisotopic (exact) mass is 226 g/mol. The summed E-state index contributed by atoms with van der Waals surface area (Å²) in [5.41, 5.74) is 0. The first-order chi connectivity index (χ1) is 7.75. The molecule has 1 nitrogen and oxygen atoms in total. The SMILES string of the molecule is CCCCCCCCCCC(O)C1CC1C. The second-order valence-electron chi connectivity index (χ2n) is 5.71. The average molecular weight is 226 g/mol. The van der Waals surface area contributed by atoms with E-state index in [0.29, 0.717) is 5.92 Å². The van der Waals surface area contributed by atoms with Crippen molar-refractivity contribution < 1.29 is 5.11 Å². The van der Waals surface area contributed by atoms with Crippen molar-refractivity contribution in [3.63, 3.8) is 0 Å². The summed E-state index contributed by atoms with van der Waals surface area (Å²) in [4.78, 5) is 0. The van der Waals surface area contributed by atoms with Gasteiger partial charge in [0.2, 0.25) is 0 Å². The summed E-state index contributed by atoms with van der Waals surface area (Å²) in [6, 6.07) is 0. The van der Waals surface area contributed by atoms with Crippen LogP contribution in [0.15, 0.2) is 0 Å². The molecule has 0 amide bonds. The first-order valence-electron chi connectivity index (χ1n) is 7.43. The summed E-state index contributed by atoms with van der Waals surface area (Å²) >= 11 is 0. The van der Waals surface area contributed by atoms with Gasteiger partial charge in [0.1, 0.15) is 0 Å². The standard InChI is InChI=1S/C15H30O/c1-3-4-5-6-7-8-9-10-11-15(16)14-12-13(14)2/h13-16H,3-12H2,1-2H3. The average Bonchev–Trinajstić information content (AvgIpc) is 2.99. The highest BCUT2D eigenvalue weighted by molar-refractivity contribution is 4.87. The molecule has 0 heterocycles. The summed E-state index contributed by atoms with van der Waals surface area (Å²) in [7, 11) is 0. The quantitative estimate of drug-likeness (QED) is 0.542. The van der Waals surface area contributed by atoms with E-state index in [9.17, 15) is 5.11 Å². The van der Waals surface area contributed by atoms with Crippen LogP contribution in [0, 0.1) is 11.8 Å². The molecule has 1 rings (SSSR count). The van der Waals surface area contributed by atoms with Crippen LogP contribution in [0.3, 0.4) is 0 Å². The van der Waals surface area contributed by atoms with Crippen LogP contribution in [0.1, 0.15) is 78.1 Å². The van der Waals surface area contributed by atoms with Gasteiger partial charge in [-0.3, -0.25) is 0 Å². The molecule has 0 aromatic carbocycles. The van der Waals surface area contributed by atoms with Gasteiger partial charge >= 0.3 is 0 Å². The van der Waals surface area contributed by atoms with Crippen molar-refractivity contribution in [3.05, 3.63) is 0 Å². The van der Waals surface area contributed by atoms with Gasteiger partial charge in [0.05, 0.1) is 6.10 Å². The topological polar surface area (TPSA) is 20.2 Å². The van der Waals surface area contributed by atoms with Gasteiger partial charge in [-0.1, -0.05) is 65.2 Å². The second-order valence-corrected chi connectivity index (χ2v) is 5.71. The Hall–Kier alpha value is -0.0400. The lowest BCUT2D eigenvalue weighted by molar-refractivity contribution is 0.132. The van der Waals surface area contributed by atoms with Crippen LogP contribution in [0.5, 0.6) is 0 Å². The fourth-order valence-electron chi connectivity index (χ4n) is 2.59. The Bertz CT molecular complexity index is 167. The van der Waals surface area contributed by atoms with E-state index in [4.69, 9.17) is 0 Å². The first kappa shape index (κ1) is 14.0. The predicted octanol–water partition coefficient (Wildman–Crippen LogP) is 4.53. The third kappa shape index (κ3) is 5.89. The Kier molecular flexibility index (Phi) is 7.11. The van der Waals surface area contributed by atoms with Gasteiger partial charge in [-0.2, -0.15) is 0 Å². The van der Waals surface area contributed by atoms with Gasteiger partial charge in [-0.05, 0) is 24.7 Å². The number of hydrogen-bond acceptors (Lipinski definition) is 1. The molecule has 0 radical (unpaired) electrons. The minimum atomic E-state index is 0.00934. The number of aliphatic hydroxyl groups is 1. The van der Waals surface area contributed by atoms with Gasteiger partial charge in [-0.15, -0.1) is 0 Å². The third-order valence-electron chi connectivity index (χ3n) is 4.02. The normalized spacial score (nSPS) is 25.7. The Balaban J connectivity index is 1.77. The summed E-state index contributed by atoms with van der Waals surface area (Å²) < 4.78 is 0. The first-order valence-corrected chi connectivity index (χ1v) is 7.43. The van der Waals surface area contributed by atoms with Crippen LogP contribution in [0.4, 0.5) is 0 Å². The van der Waals surface area contributed by atoms with Crippen molar-refractivity contribution in [3.8, 4) is 0 Å². The van der Waals surface area contributed by atoms with E-state index in [-0.39, 0.29) is 6.10 Å². The van der Waals surface area contributed by atoms with Crippen LogP contribution >= 0.6 is 0 Å². The number of aliphatic hydroxyl groups excluding tert-OH is 1. The lowest BCUT2D eigenvalue weighted by Gasteiger charge is -2.09. The van der Waals surface area contributed by atoms with Gasteiger partial charge in [0.15, 0.2) is 0 Å². The van der Waals surface area contributed by atoms with E-state index in [2.05, 4.69) is 13.8 Å². The Labute approximate surface area is 102 Å². The van der Waals surface area contributed by atoms with E-state index in [1.165, 1.54) is 57.8 Å². The van der Waals surface area contributed by atoms with Crippen LogP contribution in [0.25, 0.3) is 0 Å². The molecule has 1 heteroatoms. The zero-order valence-corrected chi connectivity index (χ0v) is 11.3. The Morgan fingerprint density at radius 1 is 1.00 bits per heavy atom. The minimum absolute atomic E-state index is 0.00934. The molecular formula is C15H30O. The van der Waals surface area contributed by atoms with Crippen molar-refractivity contribution >= 4 is 0 Å². The van der Waals surface area contributed by atoms with E-state index in [1.807, 2.05) is 0 Å². The molecule has 0 aromatic heterocycles. The fourth-order valence-corrected chi connectivity index (χ4v) is 2.59. The smallest absolute Gasteiger partial charge is 0.0571 e. The highest BCUT2D eigenvalue weighted by Crippen LogP contribution is 2.41. The molecule has 0 saturated heterocycles. The Morgan fingerprint density at radius 3 is 2.00 bits per heavy atom. The fraction of sp³-hybridized carbons (Fsp3) is 1.00. The number of unbranched alkanes of at least 4 members (excludes halogenated alkanes) is 7. The molecule has 3 atom stereocenters. The maximum absolute atomic E-state index is 9.83. The molecule has 16 heavy (non-hydrogen) atoms. The van der Waals surface area contributed by atoms with Gasteiger partial charge in [-0.25, -0.2) is 0 Å². The van der Waals surface area contributed by atoms with E-state index in [0.717, 1.165) is 12.3 Å². The maximum atomic E-state index is 9.83. The van der Waals surface area contributed by atoms with Crippen LogP contribution in [-0.2, 0) is 0 Å². The van der Waals surface area contributed by atoms with Gasteiger partial charge < -0.3 is 5.11 Å². The molecule has 1 saturated carbocycles. The lowest BCUT2D eigenvalue weighted by atomic mass is 10.0. The molecule has 3 unspecified atom stereocenters. The third-order valence-corrected chi connectivity index (χ3v) is 4.02. The summed E-state index contributed by atoms with van der Waals surface area (Å²) in [6.45, 7) is 4.52. The maximum Gasteiger partial charge on any atom is 0.0571 e. The highest BCUT2D eigenvalue weighted by atomic mass is 16.3. The van der Waals surface area contributed by atoms with Crippen molar-refractivity contribution in [1.82, 2.24) is 0 Å². The predicted molar refractivity (Wildman–Crippen MR) is 70.5 cm³/mol. The van der Waals surface area contributed by atoms with Crippen LogP contribution in [0.2, 0.25) is 0 Å². The van der Waals surface area contributed by atoms with Crippen molar-refractivity contribution in [1.29, 1.82) is 0 Å². The largest absolute Gasteiger partial charge is 0.393 e. The molecule has 1 aliphatic carbocycles. The van der Waals surface area contributed by atoms with E-state index in [1.54, 1.807) is 0 Å². The summed E-state index contributed by atoms with van der Waals surface area (Å²) in [6.07, 6.45) is 13.2. The Morgan fingerprint density at radius 2 is 1.50 bits per heavy atom. The van der Waals surface area contributed by atoms with Crippen LogP contribution < -0.4 is 0 Å². The van der Waals surface area contributed by atoms with Crippen molar-refractivity contribution in [2.75, 3.05) is 0 Å². The molecular weight excluding hydrogens is 196 g/mol. The molecule has 1 aliphatic rings. The van der Waals surface area contributed by atoms with Gasteiger partial charge in [0.25, 0.3) is 0 Å².